The van der Waals surface area contributed by atoms with Gasteiger partial charge in [0.1, 0.15) is 0 Å². The molecule has 2 fully saturated rings. The molecule has 5 heteroatoms. The van der Waals surface area contributed by atoms with Crippen LogP contribution in [-0.4, -0.2) is 67.5 Å². The first kappa shape index (κ1) is 17.5. The van der Waals surface area contributed by atoms with E-state index in [0.29, 0.717) is 12.1 Å². The highest BCUT2D eigenvalue weighted by molar-refractivity contribution is 5.47. The van der Waals surface area contributed by atoms with Crippen LogP contribution in [0.4, 0.5) is 0 Å². The molecule has 0 saturated carbocycles. The van der Waals surface area contributed by atoms with E-state index in [2.05, 4.69) is 28.9 Å². The summed E-state index contributed by atoms with van der Waals surface area (Å²) in [7, 11) is 3.36. The summed E-state index contributed by atoms with van der Waals surface area (Å²) >= 11 is 0. The molecule has 1 unspecified atom stereocenters. The van der Waals surface area contributed by atoms with Gasteiger partial charge in [-0.2, -0.15) is 0 Å². The minimum absolute atomic E-state index is 0.255. The second kappa shape index (κ2) is 7.72. The van der Waals surface area contributed by atoms with E-state index in [9.17, 15) is 5.11 Å². The SMILES string of the molecule is COc1cc(C)c(CN2CC3CCCN3C[C@@H]2CCO)cc1OC. The van der Waals surface area contributed by atoms with Crippen molar-refractivity contribution in [2.45, 2.75) is 44.8 Å². The standard InChI is InChI=1S/C19H30N2O3/c1-14-9-18(23-2)19(24-3)10-15(14)11-21-13-16-5-4-7-20(16)12-17(21)6-8-22/h9-10,16-17,22H,4-8,11-13H2,1-3H3/t16?,17-/m0/s1. The molecule has 0 aliphatic carbocycles. The minimum atomic E-state index is 0.255. The molecule has 0 radical (unpaired) electrons. The van der Waals surface area contributed by atoms with Gasteiger partial charge in [-0.15, -0.1) is 0 Å². The van der Waals surface area contributed by atoms with Crippen LogP contribution in [0.5, 0.6) is 11.5 Å². The summed E-state index contributed by atoms with van der Waals surface area (Å²) in [5.41, 5.74) is 2.51. The number of aliphatic hydroxyl groups excluding tert-OH is 1. The van der Waals surface area contributed by atoms with Crippen molar-refractivity contribution in [1.82, 2.24) is 9.80 Å². The van der Waals surface area contributed by atoms with E-state index in [-0.39, 0.29) is 6.61 Å². The molecule has 2 atom stereocenters. The van der Waals surface area contributed by atoms with Crippen molar-refractivity contribution in [3.63, 3.8) is 0 Å². The smallest absolute Gasteiger partial charge is 0.161 e. The third-order valence-corrected chi connectivity index (χ3v) is 5.58. The summed E-state index contributed by atoms with van der Waals surface area (Å²) < 4.78 is 10.9. The fourth-order valence-electron chi connectivity index (χ4n) is 4.18. The average molecular weight is 334 g/mol. The number of hydrogen-bond donors (Lipinski definition) is 1. The molecule has 134 valence electrons. The number of piperazine rings is 1. The highest BCUT2D eigenvalue weighted by Gasteiger charge is 2.36. The van der Waals surface area contributed by atoms with Crippen LogP contribution < -0.4 is 9.47 Å². The number of ether oxygens (including phenoxy) is 2. The Morgan fingerprint density at radius 2 is 1.92 bits per heavy atom. The minimum Gasteiger partial charge on any atom is -0.493 e. The largest absolute Gasteiger partial charge is 0.493 e. The van der Waals surface area contributed by atoms with Crippen LogP contribution in [0.3, 0.4) is 0 Å². The highest BCUT2D eigenvalue weighted by atomic mass is 16.5. The zero-order valence-corrected chi connectivity index (χ0v) is 15.1. The van der Waals surface area contributed by atoms with E-state index in [1.54, 1.807) is 14.2 Å². The Hall–Kier alpha value is -1.30. The first-order valence-electron chi connectivity index (χ1n) is 8.96. The Kier molecular flexibility index (Phi) is 5.64. The molecule has 0 bridgehead atoms. The molecule has 1 aromatic rings. The summed E-state index contributed by atoms with van der Waals surface area (Å²) in [4.78, 5) is 5.16. The fraction of sp³-hybridized carbons (Fsp3) is 0.684. The summed E-state index contributed by atoms with van der Waals surface area (Å²) in [6.07, 6.45) is 3.45. The highest BCUT2D eigenvalue weighted by Crippen LogP contribution is 2.32. The van der Waals surface area contributed by atoms with Gasteiger partial charge in [-0.25, -0.2) is 0 Å². The van der Waals surface area contributed by atoms with Crippen molar-refractivity contribution in [2.24, 2.45) is 0 Å². The molecule has 24 heavy (non-hydrogen) atoms. The number of fused-ring (bicyclic) bond motifs is 1. The second-order valence-electron chi connectivity index (χ2n) is 7.02. The van der Waals surface area contributed by atoms with Gasteiger partial charge in [0, 0.05) is 38.3 Å². The van der Waals surface area contributed by atoms with Gasteiger partial charge in [0.2, 0.25) is 0 Å². The number of nitrogens with zero attached hydrogens (tertiary/aromatic N) is 2. The lowest BCUT2D eigenvalue weighted by atomic mass is 10.0. The molecule has 2 aliphatic rings. The molecular formula is C19H30N2O3. The molecule has 5 nitrogen and oxygen atoms in total. The van der Waals surface area contributed by atoms with Crippen LogP contribution >= 0.6 is 0 Å². The maximum Gasteiger partial charge on any atom is 0.161 e. The van der Waals surface area contributed by atoms with Crippen LogP contribution in [0.15, 0.2) is 12.1 Å². The van der Waals surface area contributed by atoms with Crippen LogP contribution in [0.25, 0.3) is 0 Å². The maximum atomic E-state index is 9.47. The number of aryl methyl sites for hydroxylation is 1. The van der Waals surface area contributed by atoms with Gasteiger partial charge in [0.25, 0.3) is 0 Å². The van der Waals surface area contributed by atoms with Gasteiger partial charge in [-0.1, -0.05) is 0 Å². The molecule has 0 aromatic heterocycles. The number of methoxy groups -OCH3 is 2. The van der Waals surface area contributed by atoms with E-state index in [1.807, 2.05) is 0 Å². The molecule has 1 N–H and O–H groups in total. The van der Waals surface area contributed by atoms with E-state index in [4.69, 9.17) is 9.47 Å². The van der Waals surface area contributed by atoms with Crippen molar-refractivity contribution < 1.29 is 14.6 Å². The van der Waals surface area contributed by atoms with Gasteiger partial charge >= 0.3 is 0 Å². The lowest BCUT2D eigenvalue weighted by Gasteiger charge is -2.44. The number of hydrogen-bond acceptors (Lipinski definition) is 5. The van der Waals surface area contributed by atoms with Gasteiger partial charge in [-0.05, 0) is 56.0 Å². The molecule has 0 spiro atoms. The molecule has 2 saturated heterocycles. The Morgan fingerprint density at radius 3 is 2.62 bits per heavy atom. The van der Waals surface area contributed by atoms with Crippen LogP contribution in [0.1, 0.15) is 30.4 Å². The molecule has 2 heterocycles. The van der Waals surface area contributed by atoms with Crippen molar-refractivity contribution >= 4 is 0 Å². The second-order valence-corrected chi connectivity index (χ2v) is 7.02. The topological polar surface area (TPSA) is 45.2 Å². The van der Waals surface area contributed by atoms with Crippen LogP contribution in [0.2, 0.25) is 0 Å². The molecule has 3 rings (SSSR count). The Balaban J connectivity index is 1.79. The zero-order valence-electron chi connectivity index (χ0n) is 15.1. The zero-order chi connectivity index (χ0) is 17.1. The lowest BCUT2D eigenvalue weighted by molar-refractivity contribution is 0.0332. The predicted molar refractivity (Wildman–Crippen MR) is 94.8 cm³/mol. The van der Waals surface area contributed by atoms with Crippen LogP contribution in [0, 0.1) is 6.92 Å². The van der Waals surface area contributed by atoms with Gasteiger partial charge in [0.05, 0.1) is 14.2 Å². The lowest BCUT2D eigenvalue weighted by Crippen LogP contribution is -2.55. The van der Waals surface area contributed by atoms with Crippen molar-refractivity contribution in [3.05, 3.63) is 23.3 Å². The van der Waals surface area contributed by atoms with E-state index >= 15 is 0 Å². The van der Waals surface area contributed by atoms with Crippen molar-refractivity contribution in [2.75, 3.05) is 40.5 Å². The first-order valence-corrected chi connectivity index (χ1v) is 8.96. The van der Waals surface area contributed by atoms with E-state index in [1.165, 1.54) is 30.5 Å². The Morgan fingerprint density at radius 1 is 1.17 bits per heavy atom. The number of benzene rings is 1. The molecular weight excluding hydrogens is 304 g/mol. The van der Waals surface area contributed by atoms with E-state index < -0.39 is 0 Å². The monoisotopic (exact) mass is 334 g/mol. The number of rotatable bonds is 6. The van der Waals surface area contributed by atoms with E-state index in [0.717, 1.165) is 37.6 Å². The van der Waals surface area contributed by atoms with Gasteiger partial charge in [-0.3, -0.25) is 9.80 Å². The van der Waals surface area contributed by atoms with Gasteiger partial charge in [0.15, 0.2) is 11.5 Å². The summed E-state index contributed by atoms with van der Waals surface area (Å²) in [6, 6.07) is 5.27. The molecule has 0 amide bonds. The fourth-order valence-corrected chi connectivity index (χ4v) is 4.18. The van der Waals surface area contributed by atoms with Crippen molar-refractivity contribution in [3.8, 4) is 11.5 Å². The molecule has 2 aliphatic heterocycles. The number of aliphatic hydroxyl groups is 1. The summed E-state index contributed by atoms with van der Waals surface area (Å²) in [6.45, 7) is 6.68. The Bertz CT molecular complexity index is 564. The maximum absolute atomic E-state index is 9.47. The summed E-state index contributed by atoms with van der Waals surface area (Å²) in [5.74, 6) is 1.57. The van der Waals surface area contributed by atoms with Crippen molar-refractivity contribution in [1.29, 1.82) is 0 Å². The van der Waals surface area contributed by atoms with Crippen LogP contribution in [-0.2, 0) is 6.54 Å². The van der Waals surface area contributed by atoms with Gasteiger partial charge < -0.3 is 14.6 Å². The quantitative estimate of drug-likeness (QED) is 0.863. The Labute approximate surface area is 145 Å². The third kappa shape index (κ3) is 3.53. The normalized spacial score (nSPS) is 24.8. The average Bonchev–Trinajstić information content (AvgIpc) is 3.03. The predicted octanol–water partition coefficient (Wildman–Crippen LogP) is 2.04. The molecule has 1 aromatic carbocycles. The third-order valence-electron chi connectivity index (χ3n) is 5.58. The summed E-state index contributed by atoms with van der Waals surface area (Å²) in [5, 5.41) is 9.47. The first-order chi connectivity index (χ1) is 11.7.